The third-order valence-electron chi connectivity index (χ3n) is 3.68. The summed E-state index contributed by atoms with van der Waals surface area (Å²) >= 11 is 5.60. The van der Waals surface area contributed by atoms with Crippen molar-refractivity contribution < 1.29 is 23.0 Å². The molecule has 2 aromatic rings. The molecule has 0 radical (unpaired) electrons. The summed E-state index contributed by atoms with van der Waals surface area (Å²) in [5, 5.41) is 12.4. The minimum atomic E-state index is -4.53. The minimum Gasteiger partial charge on any atom is -0.504 e. The van der Waals surface area contributed by atoms with Gasteiger partial charge in [0.1, 0.15) is 0 Å². The Bertz CT molecular complexity index is 738. The van der Waals surface area contributed by atoms with Gasteiger partial charge in [-0.15, -0.1) is 0 Å². The standard InChI is InChI=1S/C17H18ClF3N2O2/c1-25-16-11(3-2-4-15(16)24)8-23-9-14(22)10-5-6-13(18)12(7-10)17(19,20)21/h2-7,14,23-24H,8-9,22H2,1H3. The van der Waals surface area contributed by atoms with Gasteiger partial charge in [0.15, 0.2) is 11.5 Å². The maximum Gasteiger partial charge on any atom is 0.417 e. The number of hydrogen-bond donors (Lipinski definition) is 3. The molecule has 0 aliphatic heterocycles. The fraction of sp³-hybridized carbons (Fsp3) is 0.294. The van der Waals surface area contributed by atoms with Crippen LogP contribution >= 0.6 is 11.6 Å². The van der Waals surface area contributed by atoms with Crippen LogP contribution in [0.4, 0.5) is 13.2 Å². The highest BCUT2D eigenvalue weighted by Crippen LogP contribution is 2.36. The Morgan fingerprint density at radius 3 is 2.64 bits per heavy atom. The fourth-order valence-corrected chi connectivity index (χ4v) is 2.64. The predicted molar refractivity (Wildman–Crippen MR) is 89.7 cm³/mol. The van der Waals surface area contributed by atoms with Crippen molar-refractivity contribution in [2.24, 2.45) is 5.73 Å². The summed E-state index contributed by atoms with van der Waals surface area (Å²) in [6.07, 6.45) is -4.53. The molecule has 0 bridgehead atoms. The van der Waals surface area contributed by atoms with Crippen molar-refractivity contribution in [3.05, 3.63) is 58.1 Å². The van der Waals surface area contributed by atoms with Gasteiger partial charge in [0, 0.05) is 24.7 Å². The second-order valence-corrected chi connectivity index (χ2v) is 5.85. The lowest BCUT2D eigenvalue weighted by atomic mass is 10.0. The van der Waals surface area contributed by atoms with Crippen LogP contribution in [0.25, 0.3) is 0 Å². The van der Waals surface area contributed by atoms with Gasteiger partial charge >= 0.3 is 6.18 Å². The summed E-state index contributed by atoms with van der Waals surface area (Å²) in [6.45, 7) is 0.572. The highest BCUT2D eigenvalue weighted by molar-refractivity contribution is 6.31. The minimum absolute atomic E-state index is 0.0126. The van der Waals surface area contributed by atoms with E-state index in [1.807, 2.05) is 0 Å². The van der Waals surface area contributed by atoms with Crippen LogP contribution < -0.4 is 15.8 Å². The number of nitrogens with two attached hydrogens (primary N) is 1. The lowest BCUT2D eigenvalue weighted by Crippen LogP contribution is -2.27. The fourth-order valence-electron chi connectivity index (χ4n) is 2.42. The van der Waals surface area contributed by atoms with Crippen molar-refractivity contribution in [3.63, 3.8) is 0 Å². The number of phenols is 1. The van der Waals surface area contributed by atoms with E-state index in [2.05, 4.69) is 5.32 Å². The summed E-state index contributed by atoms with van der Waals surface area (Å²) in [5.74, 6) is 0.355. The van der Waals surface area contributed by atoms with Gasteiger partial charge in [0.25, 0.3) is 0 Å². The average Bonchev–Trinajstić information content (AvgIpc) is 2.54. The number of para-hydroxylation sites is 1. The first-order chi connectivity index (χ1) is 11.7. The van der Waals surface area contributed by atoms with Crippen LogP contribution in [0.1, 0.15) is 22.7 Å². The summed E-state index contributed by atoms with van der Waals surface area (Å²) in [5.41, 5.74) is 6.10. The quantitative estimate of drug-likeness (QED) is 0.718. The Kier molecular flexibility index (Phi) is 6.16. The Balaban J connectivity index is 2.04. The molecule has 1 atom stereocenters. The van der Waals surface area contributed by atoms with E-state index >= 15 is 0 Å². The topological polar surface area (TPSA) is 67.5 Å². The number of halogens is 4. The van der Waals surface area contributed by atoms with Crippen LogP contribution in [-0.2, 0) is 12.7 Å². The molecule has 136 valence electrons. The molecule has 0 fully saturated rings. The van der Waals surface area contributed by atoms with Crippen LogP contribution in [0, 0.1) is 0 Å². The number of alkyl halides is 3. The average molecular weight is 375 g/mol. The van der Waals surface area contributed by atoms with Gasteiger partial charge in [-0.05, 0) is 23.8 Å². The first-order valence-electron chi connectivity index (χ1n) is 7.41. The van der Waals surface area contributed by atoms with Gasteiger partial charge in [-0.2, -0.15) is 13.2 Å². The normalized spacial score (nSPS) is 12.9. The number of rotatable bonds is 6. The number of hydrogen-bond acceptors (Lipinski definition) is 4. The summed E-state index contributed by atoms with van der Waals surface area (Å²) in [7, 11) is 1.44. The van der Waals surface area contributed by atoms with Gasteiger partial charge in [-0.25, -0.2) is 0 Å². The lowest BCUT2D eigenvalue weighted by molar-refractivity contribution is -0.137. The predicted octanol–water partition coefficient (Wildman–Crippen LogP) is 3.86. The largest absolute Gasteiger partial charge is 0.504 e. The third kappa shape index (κ3) is 4.78. The number of phenolic OH excluding ortho intramolecular Hbond substituents is 1. The van der Waals surface area contributed by atoms with Crippen LogP contribution in [-0.4, -0.2) is 18.8 Å². The molecule has 0 aliphatic rings. The molecule has 4 nitrogen and oxygen atoms in total. The molecule has 0 amide bonds. The molecule has 8 heteroatoms. The zero-order valence-corrected chi connectivity index (χ0v) is 14.2. The zero-order chi connectivity index (χ0) is 18.6. The molecule has 0 heterocycles. The van der Waals surface area contributed by atoms with Crippen LogP contribution in [0.3, 0.4) is 0 Å². The highest BCUT2D eigenvalue weighted by Gasteiger charge is 2.33. The van der Waals surface area contributed by atoms with E-state index in [0.717, 1.165) is 6.07 Å². The van der Waals surface area contributed by atoms with E-state index in [-0.39, 0.29) is 17.3 Å². The first-order valence-corrected chi connectivity index (χ1v) is 7.79. The van der Waals surface area contributed by atoms with E-state index in [0.29, 0.717) is 23.4 Å². The molecular formula is C17H18ClF3N2O2. The van der Waals surface area contributed by atoms with E-state index in [9.17, 15) is 18.3 Å². The SMILES string of the molecule is COc1c(O)cccc1CNCC(N)c1ccc(Cl)c(C(F)(F)F)c1. The molecule has 0 aliphatic carbocycles. The Hall–Kier alpha value is -1.96. The number of nitrogens with one attached hydrogen (secondary N) is 1. The molecule has 0 spiro atoms. The molecule has 2 aromatic carbocycles. The lowest BCUT2D eigenvalue weighted by Gasteiger charge is -2.17. The third-order valence-corrected chi connectivity index (χ3v) is 4.01. The molecule has 0 saturated heterocycles. The molecule has 25 heavy (non-hydrogen) atoms. The van der Waals surface area contributed by atoms with Crippen LogP contribution in [0.2, 0.25) is 5.02 Å². The first kappa shape index (κ1) is 19.4. The van der Waals surface area contributed by atoms with Crippen LogP contribution in [0.5, 0.6) is 11.5 Å². The number of aromatic hydroxyl groups is 1. The van der Waals surface area contributed by atoms with E-state index < -0.39 is 17.8 Å². The van der Waals surface area contributed by atoms with Gasteiger partial charge in [-0.3, -0.25) is 0 Å². The Morgan fingerprint density at radius 2 is 2.00 bits per heavy atom. The summed E-state index contributed by atoms with van der Waals surface area (Å²) < 4.78 is 43.8. The summed E-state index contributed by atoms with van der Waals surface area (Å²) in [6, 6.07) is 7.91. The molecular weight excluding hydrogens is 357 g/mol. The van der Waals surface area contributed by atoms with Crippen molar-refractivity contribution in [2.45, 2.75) is 18.8 Å². The second-order valence-electron chi connectivity index (χ2n) is 5.44. The van der Waals surface area contributed by atoms with Crippen molar-refractivity contribution in [3.8, 4) is 11.5 Å². The van der Waals surface area contributed by atoms with Gasteiger partial charge in [0.05, 0.1) is 17.7 Å². The van der Waals surface area contributed by atoms with Gasteiger partial charge < -0.3 is 20.9 Å². The van der Waals surface area contributed by atoms with E-state index in [1.165, 1.54) is 25.3 Å². The molecule has 0 aromatic heterocycles. The van der Waals surface area contributed by atoms with E-state index in [1.54, 1.807) is 12.1 Å². The monoisotopic (exact) mass is 374 g/mol. The van der Waals surface area contributed by atoms with E-state index in [4.69, 9.17) is 22.1 Å². The second kappa shape index (κ2) is 7.95. The highest BCUT2D eigenvalue weighted by atomic mass is 35.5. The van der Waals surface area contributed by atoms with Gasteiger partial charge in [-0.1, -0.05) is 29.8 Å². The number of benzene rings is 2. The van der Waals surface area contributed by atoms with Crippen LogP contribution in [0.15, 0.2) is 36.4 Å². The zero-order valence-electron chi connectivity index (χ0n) is 13.4. The summed E-state index contributed by atoms with van der Waals surface area (Å²) in [4.78, 5) is 0. The maximum absolute atomic E-state index is 12.9. The van der Waals surface area contributed by atoms with Crippen molar-refractivity contribution in [1.29, 1.82) is 0 Å². The van der Waals surface area contributed by atoms with Crippen molar-refractivity contribution in [1.82, 2.24) is 5.32 Å². The smallest absolute Gasteiger partial charge is 0.417 e. The molecule has 1 unspecified atom stereocenters. The Morgan fingerprint density at radius 1 is 1.28 bits per heavy atom. The van der Waals surface area contributed by atoms with Crippen molar-refractivity contribution >= 4 is 11.6 Å². The van der Waals surface area contributed by atoms with Crippen molar-refractivity contribution in [2.75, 3.05) is 13.7 Å². The molecule has 4 N–H and O–H groups in total. The molecule has 2 rings (SSSR count). The number of methoxy groups -OCH3 is 1. The molecule has 0 saturated carbocycles. The number of ether oxygens (including phenoxy) is 1. The maximum atomic E-state index is 12.9. The van der Waals surface area contributed by atoms with Gasteiger partial charge in [0.2, 0.25) is 0 Å². The Labute approximate surface area is 148 Å².